The van der Waals surface area contributed by atoms with E-state index in [4.69, 9.17) is 0 Å². The number of rotatable bonds is 4. The second-order valence-electron chi connectivity index (χ2n) is 2.81. The van der Waals surface area contributed by atoms with Crippen LogP contribution in [0, 0.1) is 0 Å². The Morgan fingerprint density at radius 1 is 1.33 bits per heavy atom. The molecule has 12 heavy (non-hydrogen) atoms. The van der Waals surface area contributed by atoms with Crippen molar-refractivity contribution < 1.29 is 5.11 Å². The zero-order valence-corrected chi connectivity index (χ0v) is 7.33. The molecule has 1 atom stereocenters. The zero-order chi connectivity index (χ0) is 8.81. The van der Waals surface area contributed by atoms with Gasteiger partial charge in [-0.25, -0.2) is 0 Å². The molecule has 0 fully saturated rings. The van der Waals surface area contributed by atoms with Crippen molar-refractivity contribution in [3.63, 3.8) is 0 Å². The predicted octanol–water partition coefficient (Wildman–Crippen LogP) is 2.22. The molecule has 0 aromatic heterocycles. The molecule has 0 aliphatic heterocycles. The van der Waals surface area contributed by atoms with Gasteiger partial charge in [-0.05, 0) is 18.6 Å². The number of hydrogen-bond donors (Lipinski definition) is 2. The van der Waals surface area contributed by atoms with Gasteiger partial charge in [0.25, 0.3) is 0 Å². The van der Waals surface area contributed by atoms with Crippen molar-refractivity contribution in [3.05, 3.63) is 30.3 Å². The van der Waals surface area contributed by atoms with E-state index in [1.54, 1.807) is 0 Å². The summed E-state index contributed by atoms with van der Waals surface area (Å²) in [5.41, 5.74) is 0.971. The van der Waals surface area contributed by atoms with Crippen molar-refractivity contribution in [1.29, 1.82) is 0 Å². The van der Waals surface area contributed by atoms with Crippen LogP contribution in [0.2, 0.25) is 0 Å². The van der Waals surface area contributed by atoms with Gasteiger partial charge in [0.05, 0.1) is 0 Å². The van der Waals surface area contributed by atoms with Crippen LogP contribution in [-0.2, 0) is 0 Å². The van der Waals surface area contributed by atoms with Gasteiger partial charge in [-0.2, -0.15) is 0 Å². The van der Waals surface area contributed by atoms with Crippen molar-refractivity contribution in [2.75, 3.05) is 5.32 Å². The fourth-order valence-electron chi connectivity index (χ4n) is 1.07. The van der Waals surface area contributed by atoms with E-state index in [1.807, 2.05) is 30.3 Å². The van der Waals surface area contributed by atoms with Crippen molar-refractivity contribution >= 4 is 5.69 Å². The lowest BCUT2D eigenvalue weighted by molar-refractivity contribution is 0.192. The van der Waals surface area contributed by atoms with E-state index in [0.29, 0.717) is 0 Å². The topological polar surface area (TPSA) is 32.3 Å². The molecule has 66 valence electrons. The first-order chi connectivity index (χ1) is 5.83. The van der Waals surface area contributed by atoms with Crippen molar-refractivity contribution in [2.24, 2.45) is 0 Å². The second-order valence-corrected chi connectivity index (χ2v) is 2.81. The van der Waals surface area contributed by atoms with Gasteiger partial charge < -0.3 is 10.4 Å². The van der Waals surface area contributed by atoms with Crippen LogP contribution in [-0.4, -0.2) is 11.3 Å². The van der Waals surface area contributed by atoms with Crippen LogP contribution in [0.1, 0.15) is 19.8 Å². The number of aliphatic hydroxyl groups excluding tert-OH is 1. The van der Waals surface area contributed by atoms with Crippen LogP contribution < -0.4 is 5.32 Å². The Morgan fingerprint density at radius 3 is 2.58 bits per heavy atom. The molecule has 0 saturated carbocycles. The van der Waals surface area contributed by atoms with Gasteiger partial charge in [-0.1, -0.05) is 31.5 Å². The SMILES string of the molecule is CCCC(O)Nc1ccccc1. The smallest absolute Gasteiger partial charge is 0.124 e. The predicted molar refractivity (Wildman–Crippen MR) is 51.0 cm³/mol. The highest BCUT2D eigenvalue weighted by molar-refractivity contribution is 5.42. The van der Waals surface area contributed by atoms with E-state index in [0.717, 1.165) is 18.5 Å². The van der Waals surface area contributed by atoms with Gasteiger partial charge in [-0.3, -0.25) is 0 Å². The molecule has 0 bridgehead atoms. The van der Waals surface area contributed by atoms with Gasteiger partial charge in [0.2, 0.25) is 0 Å². The maximum atomic E-state index is 9.39. The summed E-state index contributed by atoms with van der Waals surface area (Å²) in [6.07, 6.45) is 1.35. The summed E-state index contributed by atoms with van der Waals surface area (Å²) in [6.45, 7) is 2.05. The number of para-hydroxylation sites is 1. The Kier molecular flexibility index (Phi) is 3.61. The summed E-state index contributed by atoms with van der Waals surface area (Å²) in [5.74, 6) is 0. The molecule has 0 amide bonds. The Hall–Kier alpha value is -1.02. The minimum Gasteiger partial charge on any atom is -0.374 e. The molecule has 0 spiro atoms. The van der Waals surface area contributed by atoms with E-state index in [1.165, 1.54) is 0 Å². The number of hydrogen-bond acceptors (Lipinski definition) is 2. The van der Waals surface area contributed by atoms with E-state index >= 15 is 0 Å². The van der Waals surface area contributed by atoms with Crippen LogP contribution in [0.5, 0.6) is 0 Å². The number of aliphatic hydroxyl groups is 1. The van der Waals surface area contributed by atoms with Crippen LogP contribution in [0.25, 0.3) is 0 Å². The molecule has 1 aromatic carbocycles. The number of benzene rings is 1. The van der Waals surface area contributed by atoms with E-state index in [9.17, 15) is 5.11 Å². The maximum Gasteiger partial charge on any atom is 0.124 e. The molecule has 0 radical (unpaired) electrons. The average molecular weight is 165 g/mol. The normalized spacial score (nSPS) is 12.5. The lowest BCUT2D eigenvalue weighted by Crippen LogP contribution is -2.17. The zero-order valence-electron chi connectivity index (χ0n) is 7.33. The van der Waals surface area contributed by atoms with Crippen molar-refractivity contribution in [2.45, 2.75) is 26.0 Å². The molecule has 1 unspecified atom stereocenters. The molecular formula is C10H15NO. The van der Waals surface area contributed by atoms with Crippen LogP contribution in [0.3, 0.4) is 0 Å². The van der Waals surface area contributed by atoms with Gasteiger partial charge in [0, 0.05) is 5.69 Å². The summed E-state index contributed by atoms with van der Waals surface area (Å²) in [6, 6.07) is 9.73. The molecule has 1 rings (SSSR count). The Morgan fingerprint density at radius 2 is 2.00 bits per heavy atom. The highest BCUT2D eigenvalue weighted by Gasteiger charge is 1.99. The standard InChI is InChI=1S/C10H15NO/c1-2-6-10(12)11-9-7-4-3-5-8-9/h3-5,7-8,10-12H,2,6H2,1H3. The Balaban J connectivity index is 2.41. The molecule has 1 aromatic rings. The quantitative estimate of drug-likeness (QED) is 0.670. The minimum atomic E-state index is -0.419. The van der Waals surface area contributed by atoms with Crippen LogP contribution in [0.15, 0.2) is 30.3 Å². The molecule has 0 aliphatic rings. The van der Waals surface area contributed by atoms with Crippen LogP contribution in [0.4, 0.5) is 5.69 Å². The molecule has 2 nitrogen and oxygen atoms in total. The van der Waals surface area contributed by atoms with E-state index < -0.39 is 6.23 Å². The highest BCUT2D eigenvalue weighted by atomic mass is 16.3. The monoisotopic (exact) mass is 165 g/mol. The fourth-order valence-corrected chi connectivity index (χ4v) is 1.07. The lowest BCUT2D eigenvalue weighted by atomic mass is 10.2. The van der Waals surface area contributed by atoms with Gasteiger partial charge in [0.1, 0.15) is 6.23 Å². The first-order valence-corrected chi connectivity index (χ1v) is 4.32. The first-order valence-electron chi connectivity index (χ1n) is 4.32. The average Bonchev–Trinajstić information content (AvgIpc) is 2.06. The van der Waals surface area contributed by atoms with Gasteiger partial charge in [-0.15, -0.1) is 0 Å². The molecule has 2 N–H and O–H groups in total. The van der Waals surface area contributed by atoms with Gasteiger partial charge in [0.15, 0.2) is 0 Å². The van der Waals surface area contributed by atoms with E-state index in [-0.39, 0.29) is 0 Å². The molecule has 0 heterocycles. The van der Waals surface area contributed by atoms with Crippen molar-refractivity contribution in [3.8, 4) is 0 Å². The third kappa shape index (κ3) is 2.93. The summed E-state index contributed by atoms with van der Waals surface area (Å²) >= 11 is 0. The minimum absolute atomic E-state index is 0.419. The summed E-state index contributed by atoms with van der Waals surface area (Å²) in [4.78, 5) is 0. The highest BCUT2D eigenvalue weighted by Crippen LogP contribution is 2.07. The molecule has 0 aliphatic carbocycles. The third-order valence-electron chi connectivity index (χ3n) is 1.67. The fraction of sp³-hybridized carbons (Fsp3) is 0.400. The second kappa shape index (κ2) is 4.78. The summed E-state index contributed by atoms with van der Waals surface area (Å²) in [7, 11) is 0. The number of nitrogens with one attached hydrogen (secondary N) is 1. The summed E-state index contributed by atoms with van der Waals surface area (Å²) < 4.78 is 0. The van der Waals surface area contributed by atoms with E-state index in [2.05, 4.69) is 12.2 Å². The molecule has 2 heteroatoms. The molecular weight excluding hydrogens is 150 g/mol. The third-order valence-corrected chi connectivity index (χ3v) is 1.67. The largest absolute Gasteiger partial charge is 0.374 e. The summed E-state index contributed by atoms with van der Waals surface area (Å²) in [5, 5.41) is 12.4. The maximum absolute atomic E-state index is 9.39. The van der Waals surface area contributed by atoms with Crippen LogP contribution >= 0.6 is 0 Å². The first kappa shape index (κ1) is 9.07. The lowest BCUT2D eigenvalue weighted by Gasteiger charge is -2.12. The van der Waals surface area contributed by atoms with Crippen molar-refractivity contribution in [1.82, 2.24) is 0 Å². The van der Waals surface area contributed by atoms with Gasteiger partial charge >= 0.3 is 0 Å². The Labute approximate surface area is 73.2 Å². The number of anilines is 1. The molecule has 0 saturated heterocycles. The Bertz CT molecular complexity index is 210.